The van der Waals surface area contributed by atoms with E-state index >= 15 is 0 Å². The van der Waals surface area contributed by atoms with E-state index in [0.29, 0.717) is 5.92 Å². The van der Waals surface area contributed by atoms with Crippen molar-refractivity contribution in [3.8, 4) is 0 Å². The van der Waals surface area contributed by atoms with Crippen LogP contribution < -0.4 is 4.72 Å². The van der Waals surface area contributed by atoms with Crippen LogP contribution in [0.1, 0.15) is 25.3 Å². The van der Waals surface area contributed by atoms with Gasteiger partial charge < -0.3 is 0 Å². The van der Waals surface area contributed by atoms with E-state index in [1.807, 2.05) is 6.07 Å². The highest BCUT2D eigenvalue weighted by Crippen LogP contribution is 2.24. The van der Waals surface area contributed by atoms with Crippen LogP contribution in [-0.2, 0) is 16.6 Å². The monoisotopic (exact) mass is 354 g/mol. The molecule has 2 atom stereocenters. The number of nitrogens with zero attached hydrogens (tertiary/aromatic N) is 3. The van der Waals surface area contributed by atoms with Crippen molar-refractivity contribution in [2.75, 3.05) is 19.3 Å². The van der Waals surface area contributed by atoms with Crippen LogP contribution in [-0.4, -0.2) is 47.5 Å². The lowest BCUT2D eigenvalue weighted by Crippen LogP contribution is -2.39. The number of sulfonamides is 1. The molecule has 6 nitrogen and oxygen atoms in total. The average Bonchev–Trinajstić information content (AvgIpc) is 3.05. The first-order valence-corrected chi connectivity index (χ1v) is 10.5. The lowest BCUT2D eigenvalue weighted by molar-refractivity contribution is 0.312. The number of nitrogens with one attached hydrogen (secondary N) is 1. The minimum absolute atomic E-state index is 0.00891. The molecular formula is C15H22N4O2S2. The maximum absolute atomic E-state index is 11.6. The third-order valence-corrected chi connectivity index (χ3v) is 5.55. The van der Waals surface area contributed by atoms with Gasteiger partial charge >= 0.3 is 0 Å². The van der Waals surface area contributed by atoms with Crippen LogP contribution in [0.5, 0.6) is 0 Å². The Morgan fingerprint density at radius 3 is 2.83 bits per heavy atom. The van der Waals surface area contributed by atoms with Crippen LogP contribution in [0.3, 0.4) is 0 Å². The fourth-order valence-electron chi connectivity index (χ4n) is 3.35. The molecule has 0 saturated carbocycles. The molecule has 0 radical (unpaired) electrons. The zero-order valence-corrected chi connectivity index (χ0v) is 15.0. The van der Waals surface area contributed by atoms with Crippen LogP contribution in [0, 0.1) is 5.92 Å². The summed E-state index contributed by atoms with van der Waals surface area (Å²) in [6.07, 6.45) is 3.34. The molecule has 1 fully saturated rings. The Morgan fingerprint density at radius 1 is 1.30 bits per heavy atom. The van der Waals surface area contributed by atoms with Crippen molar-refractivity contribution in [1.29, 1.82) is 0 Å². The van der Waals surface area contributed by atoms with Gasteiger partial charge in [0.15, 0.2) is 0 Å². The largest absolute Gasteiger partial charge is 0.297 e. The maximum Gasteiger partial charge on any atom is 0.209 e. The molecule has 2 aromatic rings. The Bertz CT molecular complexity index is 775. The van der Waals surface area contributed by atoms with Crippen molar-refractivity contribution in [3.63, 3.8) is 0 Å². The predicted octanol–water partition coefficient (Wildman–Crippen LogP) is 1.84. The van der Waals surface area contributed by atoms with Gasteiger partial charge in [-0.3, -0.25) is 4.90 Å². The number of aromatic nitrogens is 2. The first-order valence-electron chi connectivity index (χ1n) is 7.85. The molecule has 8 heteroatoms. The van der Waals surface area contributed by atoms with Gasteiger partial charge in [0.2, 0.25) is 10.0 Å². The Kier molecular flexibility index (Phi) is 4.96. The summed E-state index contributed by atoms with van der Waals surface area (Å²) in [6, 6.07) is 6.16. The van der Waals surface area contributed by atoms with Crippen LogP contribution in [0.15, 0.2) is 18.2 Å². The van der Waals surface area contributed by atoms with E-state index in [1.54, 1.807) is 0 Å². The van der Waals surface area contributed by atoms with Crippen LogP contribution >= 0.6 is 11.7 Å². The molecule has 1 aliphatic rings. The fraction of sp³-hybridized carbons (Fsp3) is 0.600. The number of hydrogen-bond donors (Lipinski definition) is 1. The Hall–Kier alpha value is -1.09. The van der Waals surface area contributed by atoms with Gasteiger partial charge in [-0.1, -0.05) is 19.4 Å². The van der Waals surface area contributed by atoms with E-state index in [2.05, 4.69) is 37.4 Å². The molecule has 1 aliphatic heterocycles. The molecule has 0 bridgehead atoms. The minimum atomic E-state index is -3.17. The SMILES string of the molecule is CCCC1CN(Cc2ccc3nsnc3c2)CC1NS(C)(=O)=O. The van der Waals surface area contributed by atoms with Gasteiger partial charge in [-0.2, -0.15) is 8.75 Å². The van der Waals surface area contributed by atoms with Gasteiger partial charge in [-0.15, -0.1) is 0 Å². The molecule has 1 saturated heterocycles. The first-order chi connectivity index (χ1) is 10.9. The summed E-state index contributed by atoms with van der Waals surface area (Å²) in [7, 11) is -3.17. The molecule has 3 rings (SSSR count). The number of fused-ring (bicyclic) bond motifs is 1. The highest BCUT2D eigenvalue weighted by atomic mass is 32.2. The Balaban J connectivity index is 1.70. The van der Waals surface area contributed by atoms with E-state index in [1.165, 1.54) is 23.5 Å². The lowest BCUT2D eigenvalue weighted by atomic mass is 9.99. The maximum atomic E-state index is 11.6. The fourth-order valence-corrected chi connectivity index (χ4v) is 4.68. The minimum Gasteiger partial charge on any atom is -0.297 e. The van der Waals surface area contributed by atoms with Crippen molar-refractivity contribution in [3.05, 3.63) is 23.8 Å². The van der Waals surface area contributed by atoms with Crippen LogP contribution in [0.4, 0.5) is 0 Å². The lowest BCUT2D eigenvalue weighted by Gasteiger charge is -2.17. The average molecular weight is 355 g/mol. The number of rotatable bonds is 6. The van der Waals surface area contributed by atoms with Gasteiger partial charge in [0, 0.05) is 25.7 Å². The van der Waals surface area contributed by atoms with Gasteiger partial charge in [0.05, 0.1) is 18.0 Å². The highest BCUT2D eigenvalue weighted by molar-refractivity contribution is 7.88. The van der Waals surface area contributed by atoms with E-state index in [-0.39, 0.29) is 6.04 Å². The molecule has 23 heavy (non-hydrogen) atoms. The number of hydrogen-bond acceptors (Lipinski definition) is 6. The van der Waals surface area contributed by atoms with E-state index in [4.69, 9.17) is 0 Å². The van der Waals surface area contributed by atoms with E-state index < -0.39 is 10.0 Å². The molecule has 1 aromatic carbocycles. The van der Waals surface area contributed by atoms with Crippen molar-refractivity contribution in [2.24, 2.45) is 5.92 Å². The first kappa shape index (κ1) is 16.8. The van der Waals surface area contributed by atoms with Gasteiger partial charge in [-0.05, 0) is 30.0 Å². The molecule has 2 heterocycles. The summed E-state index contributed by atoms with van der Waals surface area (Å²) >= 11 is 1.23. The zero-order valence-electron chi connectivity index (χ0n) is 13.4. The van der Waals surface area contributed by atoms with Gasteiger partial charge in [0.1, 0.15) is 11.0 Å². The zero-order chi connectivity index (χ0) is 16.4. The number of benzene rings is 1. The summed E-state index contributed by atoms with van der Waals surface area (Å²) in [5, 5.41) is 0. The van der Waals surface area contributed by atoms with Crippen molar-refractivity contribution < 1.29 is 8.42 Å². The Morgan fingerprint density at radius 2 is 2.09 bits per heavy atom. The summed E-state index contributed by atoms with van der Waals surface area (Å²) in [5.41, 5.74) is 3.06. The van der Waals surface area contributed by atoms with Gasteiger partial charge in [-0.25, -0.2) is 13.1 Å². The summed E-state index contributed by atoms with van der Waals surface area (Å²) in [5.74, 6) is 0.374. The molecule has 2 unspecified atom stereocenters. The predicted molar refractivity (Wildman–Crippen MR) is 92.9 cm³/mol. The highest BCUT2D eigenvalue weighted by Gasteiger charge is 2.33. The van der Waals surface area contributed by atoms with Crippen LogP contribution in [0.25, 0.3) is 11.0 Å². The van der Waals surface area contributed by atoms with Crippen LogP contribution in [0.2, 0.25) is 0 Å². The van der Waals surface area contributed by atoms with Crippen molar-refractivity contribution in [1.82, 2.24) is 18.4 Å². The third-order valence-electron chi connectivity index (χ3n) is 4.27. The second-order valence-corrected chi connectivity index (χ2v) is 8.64. The molecule has 0 amide bonds. The molecule has 0 aliphatic carbocycles. The molecular weight excluding hydrogens is 332 g/mol. The molecule has 1 N–H and O–H groups in total. The third kappa shape index (κ3) is 4.26. The molecule has 1 aromatic heterocycles. The summed E-state index contributed by atoms with van der Waals surface area (Å²) in [6.45, 7) is 4.64. The molecule has 0 spiro atoms. The smallest absolute Gasteiger partial charge is 0.209 e. The molecule has 126 valence electrons. The normalized spacial score (nSPS) is 22.9. The standard InChI is InChI=1S/C15H22N4O2S2/c1-3-4-12-9-19(10-15(12)18-23(2,20)21)8-11-5-6-13-14(7-11)17-22-16-13/h5-7,12,15,18H,3-4,8-10H2,1-2H3. The van der Waals surface area contributed by atoms with E-state index in [9.17, 15) is 8.42 Å². The summed E-state index contributed by atoms with van der Waals surface area (Å²) < 4.78 is 34.5. The Labute approximate surface area is 141 Å². The van der Waals surface area contributed by atoms with Crippen molar-refractivity contribution in [2.45, 2.75) is 32.4 Å². The second kappa shape index (κ2) is 6.80. The number of likely N-dealkylation sites (tertiary alicyclic amines) is 1. The topological polar surface area (TPSA) is 75.2 Å². The van der Waals surface area contributed by atoms with E-state index in [0.717, 1.165) is 43.5 Å². The second-order valence-electron chi connectivity index (χ2n) is 6.33. The summed E-state index contributed by atoms with van der Waals surface area (Å²) in [4.78, 5) is 2.32. The van der Waals surface area contributed by atoms with Gasteiger partial charge in [0.25, 0.3) is 0 Å². The van der Waals surface area contributed by atoms with Crippen molar-refractivity contribution >= 4 is 32.8 Å². The quantitative estimate of drug-likeness (QED) is 0.857.